The van der Waals surface area contributed by atoms with E-state index in [0.717, 1.165) is 0 Å². The Bertz CT molecular complexity index is 576. The number of ether oxygens (including phenoxy) is 1. The Hall–Kier alpha value is -2.77. The minimum atomic E-state index is -0.818. The van der Waals surface area contributed by atoms with Crippen molar-refractivity contribution < 1.29 is 19.6 Å². The highest BCUT2D eigenvalue weighted by molar-refractivity contribution is 5.88. The Balaban J connectivity index is 3.00. The van der Waals surface area contributed by atoms with Crippen LogP contribution in [-0.2, 0) is 9.53 Å². The maximum Gasteiger partial charge on any atom is 0.362 e. The van der Waals surface area contributed by atoms with E-state index in [1.54, 1.807) is 6.92 Å². The zero-order valence-electron chi connectivity index (χ0n) is 10.9. The highest BCUT2D eigenvalue weighted by Crippen LogP contribution is 2.21. The van der Waals surface area contributed by atoms with E-state index in [0.29, 0.717) is 0 Å². The lowest BCUT2D eigenvalue weighted by atomic mass is 10.3. The number of carbonyl (C=O) groups excluding carboxylic acids is 1. The number of hydrogen-bond acceptors (Lipinski definition) is 7. The molecule has 0 aromatic heterocycles. The smallest absolute Gasteiger partial charge is 0.362 e. The second-order valence-corrected chi connectivity index (χ2v) is 3.63. The van der Waals surface area contributed by atoms with Crippen LogP contribution in [0.5, 0.6) is 0 Å². The van der Waals surface area contributed by atoms with Gasteiger partial charge in [-0.25, -0.2) is 4.79 Å². The maximum atomic E-state index is 11.5. The fourth-order valence-electron chi connectivity index (χ4n) is 1.24. The average Bonchev–Trinajstić information content (AvgIpc) is 2.39. The summed E-state index contributed by atoms with van der Waals surface area (Å²) in [6.07, 6.45) is 0. The normalized spacial score (nSPS) is 12.1. The zero-order valence-corrected chi connectivity index (χ0v) is 10.9. The maximum absolute atomic E-state index is 11.5. The van der Waals surface area contributed by atoms with Crippen LogP contribution in [0.2, 0.25) is 0 Å². The van der Waals surface area contributed by atoms with Gasteiger partial charge in [-0.2, -0.15) is 0 Å². The molecule has 0 saturated heterocycles. The first-order valence-electron chi connectivity index (χ1n) is 5.68. The van der Waals surface area contributed by atoms with Crippen molar-refractivity contribution in [2.75, 3.05) is 6.61 Å². The van der Waals surface area contributed by atoms with Gasteiger partial charge in [0.2, 0.25) is 5.70 Å². The molecule has 0 amide bonds. The van der Waals surface area contributed by atoms with Gasteiger partial charge in [0.1, 0.15) is 5.76 Å². The SMILES string of the molecule is CCOC(=O)/C(N=Nc1cccc([N+](=O)[O-])c1)=C(\C)O. The molecule has 0 saturated carbocycles. The molecule has 0 bridgehead atoms. The summed E-state index contributed by atoms with van der Waals surface area (Å²) in [6, 6.07) is 5.41. The predicted molar refractivity (Wildman–Crippen MR) is 69.6 cm³/mol. The second-order valence-electron chi connectivity index (χ2n) is 3.63. The standard InChI is InChI=1S/C12H13N3O5/c1-3-20-12(17)11(8(2)16)14-13-9-5-4-6-10(7-9)15(18)19/h4-7,16H,3H2,1-2H3/b11-8-,14-13?. The van der Waals surface area contributed by atoms with Crippen LogP contribution in [0, 0.1) is 10.1 Å². The molecule has 0 aliphatic carbocycles. The average molecular weight is 279 g/mol. The largest absolute Gasteiger partial charge is 0.510 e. The predicted octanol–water partition coefficient (Wildman–Crippen LogP) is 3.03. The molecule has 0 atom stereocenters. The first-order valence-corrected chi connectivity index (χ1v) is 5.68. The summed E-state index contributed by atoms with van der Waals surface area (Å²) < 4.78 is 4.70. The van der Waals surface area contributed by atoms with Gasteiger partial charge in [0.05, 0.1) is 17.2 Å². The molecule has 8 heteroatoms. The second kappa shape index (κ2) is 6.98. The van der Waals surface area contributed by atoms with Crippen molar-refractivity contribution in [2.45, 2.75) is 13.8 Å². The monoisotopic (exact) mass is 279 g/mol. The molecule has 0 aliphatic rings. The third kappa shape index (κ3) is 4.16. The van der Waals surface area contributed by atoms with E-state index >= 15 is 0 Å². The molecule has 0 radical (unpaired) electrons. The topological polar surface area (TPSA) is 114 Å². The van der Waals surface area contributed by atoms with Gasteiger partial charge in [0.25, 0.3) is 5.69 Å². The van der Waals surface area contributed by atoms with E-state index in [1.165, 1.54) is 31.2 Å². The number of nitro benzene ring substituents is 1. The van der Waals surface area contributed by atoms with E-state index in [4.69, 9.17) is 4.74 Å². The Morgan fingerprint density at radius 3 is 2.75 bits per heavy atom. The van der Waals surface area contributed by atoms with E-state index in [-0.39, 0.29) is 29.4 Å². The van der Waals surface area contributed by atoms with E-state index in [9.17, 15) is 20.0 Å². The van der Waals surface area contributed by atoms with Crippen molar-refractivity contribution in [3.05, 3.63) is 45.8 Å². The molecule has 0 unspecified atom stereocenters. The molecular weight excluding hydrogens is 266 g/mol. The summed E-state index contributed by atoms with van der Waals surface area (Å²) in [4.78, 5) is 21.5. The molecule has 0 aliphatic heterocycles. The van der Waals surface area contributed by atoms with Crippen LogP contribution in [0.1, 0.15) is 13.8 Å². The van der Waals surface area contributed by atoms with Crippen LogP contribution < -0.4 is 0 Å². The van der Waals surface area contributed by atoms with Crippen molar-refractivity contribution in [3.63, 3.8) is 0 Å². The number of aliphatic hydroxyl groups excluding tert-OH is 1. The minimum Gasteiger partial charge on any atom is -0.510 e. The molecule has 0 fully saturated rings. The lowest BCUT2D eigenvalue weighted by molar-refractivity contribution is -0.384. The number of esters is 1. The zero-order chi connectivity index (χ0) is 15.1. The number of nitrogens with zero attached hydrogens (tertiary/aromatic N) is 3. The van der Waals surface area contributed by atoms with Crippen molar-refractivity contribution in [1.82, 2.24) is 0 Å². The molecule has 20 heavy (non-hydrogen) atoms. The first-order chi connectivity index (χ1) is 9.45. The van der Waals surface area contributed by atoms with E-state index < -0.39 is 10.9 Å². The number of carbonyl (C=O) groups is 1. The Labute approximate surface area is 114 Å². The highest BCUT2D eigenvalue weighted by atomic mass is 16.6. The molecule has 0 heterocycles. The van der Waals surface area contributed by atoms with Crippen LogP contribution in [-0.4, -0.2) is 22.6 Å². The summed E-state index contributed by atoms with van der Waals surface area (Å²) >= 11 is 0. The number of non-ortho nitro benzene ring substituents is 1. The number of hydrogen-bond donors (Lipinski definition) is 1. The van der Waals surface area contributed by atoms with Crippen LogP contribution in [0.15, 0.2) is 46.0 Å². The number of benzene rings is 1. The van der Waals surface area contributed by atoms with Crippen molar-refractivity contribution in [2.24, 2.45) is 10.2 Å². The minimum absolute atomic E-state index is 0.127. The van der Waals surface area contributed by atoms with Gasteiger partial charge in [-0.15, -0.1) is 10.2 Å². The summed E-state index contributed by atoms with van der Waals surface area (Å²) in [6.45, 7) is 3.00. The molecule has 1 aromatic carbocycles. The fourth-order valence-corrected chi connectivity index (χ4v) is 1.24. The summed E-state index contributed by atoms with van der Waals surface area (Å²) in [7, 11) is 0. The highest BCUT2D eigenvalue weighted by Gasteiger charge is 2.14. The lowest BCUT2D eigenvalue weighted by Gasteiger charge is -2.01. The van der Waals surface area contributed by atoms with Gasteiger partial charge in [-0.05, 0) is 19.9 Å². The number of rotatable bonds is 5. The van der Waals surface area contributed by atoms with Crippen molar-refractivity contribution in [3.8, 4) is 0 Å². The van der Waals surface area contributed by atoms with Gasteiger partial charge < -0.3 is 9.84 Å². The third-order valence-electron chi connectivity index (χ3n) is 2.12. The van der Waals surface area contributed by atoms with Crippen molar-refractivity contribution >= 4 is 17.3 Å². The number of aliphatic hydroxyl groups is 1. The molecule has 8 nitrogen and oxygen atoms in total. The quantitative estimate of drug-likeness (QED) is 0.222. The summed E-state index contributed by atoms with van der Waals surface area (Å²) in [5, 5.41) is 27.2. The van der Waals surface area contributed by atoms with Crippen LogP contribution in [0.3, 0.4) is 0 Å². The van der Waals surface area contributed by atoms with Gasteiger partial charge in [-0.1, -0.05) is 6.07 Å². The molecule has 106 valence electrons. The number of nitro groups is 1. The van der Waals surface area contributed by atoms with Gasteiger partial charge in [0.15, 0.2) is 0 Å². The lowest BCUT2D eigenvalue weighted by Crippen LogP contribution is -2.07. The first kappa shape index (κ1) is 15.3. The summed E-state index contributed by atoms with van der Waals surface area (Å²) in [5.74, 6) is -1.17. The molecular formula is C12H13N3O5. The summed E-state index contributed by atoms with van der Waals surface area (Å²) in [5.41, 5.74) is -0.315. The molecule has 1 aromatic rings. The third-order valence-corrected chi connectivity index (χ3v) is 2.12. The van der Waals surface area contributed by atoms with Crippen molar-refractivity contribution in [1.29, 1.82) is 0 Å². The van der Waals surface area contributed by atoms with Gasteiger partial charge >= 0.3 is 5.97 Å². The van der Waals surface area contributed by atoms with E-state index in [2.05, 4.69) is 10.2 Å². The van der Waals surface area contributed by atoms with E-state index in [1.807, 2.05) is 0 Å². The van der Waals surface area contributed by atoms with Gasteiger partial charge in [-0.3, -0.25) is 10.1 Å². The molecule has 0 spiro atoms. The van der Waals surface area contributed by atoms with Crippen LogP contribution >= 0.6 is 0 Å². The Morgan fingerprint density at radius 2 is 2.20 bits per heavy atom. The van der Waals surface area contributed by atoms with Crippen LogP contribution in [0.25, 0.3) is 0 Å². The fraction of sp³-hybridized carbons (Fsp3) is 0.250. The van der Waals surface area contributed by atoms with Crippen LogP contribution in [0.4, 0.5) is 11.4 Å². The molecule has 1 rings (SSSR count). The molecule has 1 N–H and O–H groups in total. The number of azo groups is 1. The Kier molecular flexibility index (Phi) is 5.33. The van der Waals surface area contributed by atoms with Gasteiger partial charge in [0, 0.05) is 12.1 Å². The Morgan fingerprint density at radius 1 is 1.50 bits per heavy atom. The number of allylic oxidation sites excluding steroid dienone is 1.